The van der Waals surface area contributed by atoms with E-state index in [4.69, 9.17) is 0 Å². The highest BCUT2D eigenvalue weighted by atomic mass is 15.2. The van der Waals surface area contributed by atoms with Crippen LogP contribution in [0.3, 0.4) is 0 Å². The third kappa shape index (κ3) is 1.99. The molecule has 4 heteroatoms. The summed E-state index contributed by atoms with van der Waals surface area (Å²) in [6.07, 6.45) is 4.84. The van der Waals surface area contributed by atoms with Gasteiger partial charge in [-0.15, -0.1) is 10.2 Å². The Morgan fingerprint density at radius 3 is 2.46 bits per heavy atom. The molecule has 4 nitrogen and oxygen atoms in total. The number of rotatable bonds is 2. The van der Waals surface area contributed by atoms with Gasteiger partial charge in [0.2, 0.25) is 0 Å². The number of hydrogen-bond acceptors (Lipinski definition) is 3. The van der Waals surface area contributed by atoms with Crippen molar-refractivity contribution in [1.29, 1.82) is 0 Å². The van der Waals surface area contributed by atoms with Gasteiger partial charge < -0.3 is 0 Å². The van der Waals surface area contributed by atoms with Crippen molar-refractivity contribution in [2.45, 2.75) is 0 Å². The SMILES string of the molecule is C(=Nc1ccccc1)n1cnnc1. The van der Waals surface area contributed by atoms with Gasteiger partial charge in [-0.3, -0.25) is 4.57 Å². The predicted molar refractivity (Wildman–Crippen MR) is 50.0 cm³/mol. The van der Waals surface area contributed by atoms with E-state index in [0.29, 0.717) is 0 Å². The molecule has 2 aromatic rings. The quantitative estimate of drug-likeness (QED) is 0.508. The second-order valence-electron chi connectivity index (χ2n) is 2.49. The lowest BCUT2D eigenvalue weighted by Gasteiger charge is -1.90. The van der Waals surface area contributed by atoms with Crippen LogP contribution in [0.15, 0.2) is 48.0 Å². The molecule has 0 saturated carbocycles. The van der Waals surface area contributed by atoms with Gasteiger partial charge in [-0.05, 0) is 12.1 Å². The second-order valence-corrected chi connectivity index (χ2v) is 2.49. The van der Waals surface area contributed by atoms with E-state index in [1.807, 2.05) is 30.3 Å². The minimum absolute atomic E-state index is 0.913. The highest BCUT2D eigenvalue weighted by Gasteiger charge is 1.84. The van der Waals surface area contributed by atoms with Crippen LogP contribution in [0.4, 0.5) is 5.69 Å². The fourth-order valence-corrected chi connectivity index (χ4v) is 0.916. The van der Waals surface area contributed by atoms with Crippen LogP contribution in [0, 0.1) is 0 Å². The van der Waals surface area contributed by atoms with Gasteiger partial charge in [0.25, 0.3) is 0 Å². The molecule has 2 rings (SSSR count). The first kappa shape index (κ1) is 7.67. The summed E-state index contributed by atoms with van der Waals surface area (Å²) in [5.41, 5.74) is 0.913. The molecule has 0 saturated heterocycles. The maximum absolute atomic E-state index is 4.21. The molecule has 1 aromatic heterocycles. The van der Waals surface area contributed by atoms with Crippen molar-refractivity contribution in [2.75, 3.05) is 0 Å². The van der Waals surface area contributed by atoms with Crippen LogP contribution in [0.25, 0.3) is 0 Å². The molecule has 0 aliphatic heterocycles. The molecule has 64 valence electrons. The summed E-state index contributed by atoms with van der Waals surface area (Å²) in [5, 5.41) is 7.31. The van der Waals surface area contributed by atoms with Gasteiger partial charge >= 0.3 is 0 Å². The summed E-state index contributed by atoms with van der Waals surface area (Å²) in [5.74, 6) is 0. The van der Waals surface area contributed by atoms with Gasteiger partial charge in [0.15, 0.2) is 0 Å². The van der Waals surface area contributed by atoms with Crippen molar-refractivity contribution in [2.24, 2.45) is 4.99 Å². The fourth-order valence-electron chi connectivity index (χ4n) is 0.916. The van der Waals surface area contributed by atoms with Gasteiger partial charge in [0.05, 0.1) is 5.69 Å². The average molecular weight is 172 g/mol. The molecular weight excluding hydrogens is 164 g/mol. The van der Waals surface area contributed by atoms with Crippen LogP contribution in [0.1, 0.15) is 0 Å². The maximum atomic E-state index is 4.21. The summed E-state index contributed by atoms with van der Waals surface area (Å²) in [6.45, 7) is 0. The minimum Gasteiger partial charge on any atom is -0.278 e. The molecule has 0 spiro atoms. The molecule has 0 radical (unpaired) electrons. The molecule has 13 heavy (non-hydrogen) atoms. The zero-order valence-electron chi connectivity index (χ0n) is 6.91. The van der Waals surface area contributed by atoms with Crippen molar-refractivity contribution in [3.8, 4) is 0 Å². The van der Waals surface area contributed by atoms with Crippen molar-refractivity contribution in [3.63, 3.8) is 0 Å². The van der Waals surface area contributed by atoms with Gasteiger partial charge in [-0.1, -0.05) is 18.2 Å². The zero-order valence-corrected chi connectivity index (χ0v) is 6.91. The Labute approximate surface area is 75.6 Å². The Bertz CT molecular complexity index is 377. The second kappa shape index (κ2) is 3.62. The molecule has 0 atom stereocenters. The molecule has 1 aromatic carbocycles. The van der Waals surface area contributed by atoms with Crippen LogP contribution in [0.2, 0.25) is 0 Å². The van der Waals surface area contributed by atoms with E-state index in [1.54, 1.807) is 23.6 Å². The number of aliphatic imine (C=N–C) groups is 1. The smallest absolute Gasteiger partial charge is 0.124 e. The zero-order chi connectivity index (χ0) is 8.93. The van der Waals surface area contributed by atoms with Gasteiger partial charge in [0, 0.05) is 0 Å². The highest BCUT2D eigenvalue weighted by Crippen LogP contribution is 2.08. The first-order valence-electron chi connectivity index (χ1n) is 3.88. The Hall–Kier alpha value is -1.97. The van der Waals surface area contributed by atoms with E-state index in [9.17, 15) is 0 Å². The van der Waals surface area contributed by atoms with Gasteiger partial charge in [0.1, 0.15) is 19.0 Å². The first-order valence-corrected chi connectivity index (χ1v) is 3.88. The molecule has 0 bridgehead atoms. The van der Waals surface area contributed by atoms with E-state index in [-0.39, 0.29) is 0 Å². The normalized spacial score (nSPS) is 10.8. The Balaban J connectivity index is 2.15. The summed E-state index contributed by atoms with van der Waals surface area (Å²) in [7, 11) is 0. The standard InChI is InChI=1S/C9H8N4/c1-2-4-9(5-3-1)10-6-13-7-11-12-8-13/h1-8H. The monoisotopic (exact) mass is 172 g/mol. The summed E-state index contributed by atoms with van der Waals surface area (Å²) >= 11 is 0. The van der Waals surface area contributed by atoms with Crippen molar-refractivity contribution >= 4 is 12.0 Å². The number of nitrogens with zero attached hydrogens (tertiary/aromatic N) is 4. The van der Waals surface area contributed by atoms with E-state index < -0.39 is 0 Å². The highest BCUT2D eigenvalue weighted by molar-refractivity contribution is 5.62. The molecule has 0 unspecified atom stereocenters. The lowest BCUT2D eigenvalue weighted by atomic mass is 10.3. The number of benzene rings is 1. The van der Waals surface area contributed by atoms with E-state index >= 15 is 0 Å². The molecule has 1 heterocycles. The molecule has 0 aliphatic rings. The summed E-state index contributed by atoms with van der Waals surface area (Å²) in [4.78, 5) is 4.21. The number of para-hydroxylation sites is 1. The minimum atomic E-state index is 0.913. The lowest BCUT2D eigenvalue weighted by Crippen LogP contribution is -1.88. The average Bonchev–Trinajstić information content (AvgIpc) is 2.69. The molecule has 0 amide bonds. The van der Waals surface area contributed by atoms with Crippen molar-refractivity contribution < 1.29 is 0 Å². The molecule has 0 aliphatic carbocycles. The third-order valence-electron chi connectivity index (χ3n) is 1.53. The molecular formula is C9H8N4. The number of aromatic nitrogens is 3. The van der Waals surface area contributed by atoms with Crippen LogP contribution in [-0.2, 0) is 0 Å². The van der Waals surface area contributed by atoms with Crippen LogP contribution in [0.5, 0.6) is 0 Å². The van der Waals surface area contributed by atoms with Crippen molar-refractivity contribution in [3.05, 3.63) is 43.0 Å². The maximum Gasteiger partial charge on any atom is 0.124 e. The summed E-state index contributed by atoms with van der Waals surface area (Å²) < 4.78 is 1.69. The molecule has 0 fully saturated rings. The van der Waals surface area contributed by atoms with E-state index in [2.05, 4.69) is 15.2 Å². The van der Waals surface area contributed by atoms with Gasteiger partial charge in [-0.2, -0.15) is 0 Å². The van der Waals surface area contributed by atoms with Crippen LogP contribution >= 0.6 is 0 Å². The topological polar surface area (TPSA) is 43.1 Å². The van der Waals surface area contributed by atoms with E-state index in [0.717, 1.165) is 5.69 Å². The summed E-state index contributed by atoms with van der Waals surface area (Å²) in [6, 6.07) is 9.71. The van der Waals surface area contributed by atoms with Crippen LogP contribution in [-0.4, -0.2) is 21.1 Å². The Kier molecular flexibility index (Phi) is 2.14. The first-order chi connectivity index (χ1) is 6.45. The third-order valence-corrected chi connectivity index (χ3v) is 1.53. The number of hydrogen-bond donors (Lipinski definition) is 0. The van der Waals surface area contributed by atoms with Crippen molar-refractivity contribution in [1.82, 2.24) is 14.8 Å². The fraction of sp³-hybridized carbons (Fsp3) is 0. The predicted octanol–water partition coefficient (Wildman–Crippen LogP) is 1.49. The largest absolute Gasteiger partial charge is 0.278 e. The molecule has 0 N–H and O–H groups in total. The Morgan fingerprint density at radius 1 is 1.08 bits per heavy atom. The van der Waals surface area contributed by atoms with Gasteiger partial charge in [-0.25, -0.2) is 4.99 Å². The lowest BCUT2D eigenvalue weighted by molar-refractivity contribution is 1.09. The Morgan fingerprint density at radius 2 is 1.77 bits per heavy atom. The van der Waals surface area contributed by atoms with Crippen LogP contribution < -0.4 is 0 Å². The van der Waals surface area contributed by atoms with E-state index in [1.165, 1.54) is 0 Å².